The third kappa shape index (κ3) is 2.75. The summed E-state index contributed by atoms with van der Waals surface area (Å²) in [6.45, 7) is 0.709. The van der Waals surface area contributed by atoms with E-state index in [0.29, 0.717) is 23.4 Å². The average molecular weight is 286 g/mol. The fourth-order valence-electron chi connectivity index (χ4n) is 2.76. The Morgan fingerprint density at radius 1 is 1.30 bits per heavy atom. The quantitative estimate of drug-likeness (QED) is 0.875. The van der Waals surface area contributed by atoms with Crippen LogP contribution in [-0.2, 0) is 0 Å². The summed E-state index contributed by atoms with van der Waals surface area (Å²) in [5.74, 6) is 1.21. The fourth-order valence-corrected chi connectivity index (χ4v) is 2.90. The van der Waals surface area contributed by atoms with Crippen LogP contribution in [0.2, 0.25) is 0 Å². The molecule has 1 fully saturated rings. The van der Waals surface area contributed by atoms with Gasteiger partial charge in [-0.2, -0.15) is 0 Å². The Balaban J connectivity index is 1.90. The number of hydrogen-bond acceptors (Lipinski definition) is 3. The van der Waals surface area contributed by atoms with E-state index in [-0.39, 0.29) is 0 Å². The molecule has 0 spiro atoms. The highest BCUT2D eigenvalue weighted by Gasteiger charge is 2.17. The second-order valence-electron chi connectivity index (χ2n) is 5.36. The van der Waals surface area contributed by atoms with Crippen molar-refractivity contribution in [2.24, 2.45) is 11.7 Å². The summed E-state index contributed by atoms with van der Waals surface area (Å²) >= 11 is 5.12. The first kappa shape index (κ1) is 13.3. The van der Waals surface area contributed by atoms with Crippen LogP contribution in [0.25, 0.3) is 10.9 Å². The van der Waals surface area contributed by atoms with Gasteiger partial charge in [-0.1, -0.05) is 43.3 Å². The molecule has 1 aromatic carbocycles. The third-order valence-electron chi connectivity index (χ3n) is 3.88. The molecule has 3 nitrogen and oxygen atoms in total. The lowest BCUT2D eigenvalue weighted by Gasteiger charge is -2.14. The molecule has 0 radical (unpaired) electrons. The summed E-state index contributed by atoms with van der Waals surface area (Å²) in [6.07, 6.45) is 5.11. The van der Waals surface area contributed by atoms with E-state index < -0.39 is 0 Å². The standard InChI is InChI=1S/C16H18N2OS/c17-15(20)13-9-12-7-3-4-8-14(12)18-16(13)19-10-11-5-1-2-6-11/h3-4,7-9,11H,1-2,5-6,10H2,(H2,17,20). The molecule has 20 heavy (non-hydrogen) atoms. The van der Waals surface area contributed by atoms with Crippen molar-refractivity contribution < 1.29 is 4.74 Å². The highest BCUT2D eigenvalue weighted by molar-refractivity contribution is 7.80. The molecular formula is C16H18N2OS. The van der Waals surface area contributed by atoms with Crippen LogP contribution in [0.1, 0.15) is 31.2 Å². The maximum atomic E-state index is 5.91. The molecule has 4 heteroatoms. The molecule has 0 atom stereocenters. The first-order chi connectivity index (χ1) is 9.74. The normalized spacial score (nSPS) is 15.6. The Bertz CT molecular complexity index is 635. The Hall–Kier alpha value is -1.68. The Morgan fingerprint density at radius 2 is 2.05 bits per heavy atom. The summed E-state index contributed by atoms with van der Waals surface area (Å²) in [6, 6.07) is 9.89. The molecule has 2 N–H and O–H groups in total. The molecule has 1 aliphatic rings. The monoisotopic (exact) mass is 286 g/mol. The molecule has 3 rings (SSSR count). The van der Waals surface area contributed by atoms with Crippen LogP contribution in [0.4, 0.5) is 0 Å². The zero-order valence-electron chi connectivity index (χ0n) is 11.3. The van der Waals surface area contributed by atoms with Crippen LogP contribution in [-0.4, -0.2) is 16.6 Å². The van der Waals surface area contributed by atoms with E-state index in [2.05, 4.69) is 4.98 Å². The number of pyridine rings is 1. The largest absolute Gasteiger partial charge is 0.477 e. The lowest BCUT2D eigenvalue weighted by atomic mass is 10.1. The molecule has 0 unspecified atom stereocenters. The van der Waals surface area contributed by atoms with E-state index in [1.165, 1.54) is 25.7 Å². The van der Waals surface area contributed by atoms with E-state index in [0.717, 1.165) is 16.5 Å². The van der Waals surface area contributed by atoms with Crippen molar-refractivity contribution in [1.82, 2.24) is 4.98 Å². The first-order valence-electron chi connectivity index (χ1n) is 7.06. The molecular weight excluding hydrogens is 268 g/mol. The van der Waals surface area contributed by atoms with Crippen LogP contribution < -0.4 is 10.5 Å². The summed E-state index contributed by atoms with van der Waals surface area (Å²) in [7, 11) is 0. The minimum absolute atomic E-state index is 0.338. The number of nitrogens with zero attached hydrogens (tertiary/aromatic N) is 1. The molecule has 104 valence electrons. The van der Waals surface area contributed by atoms with Gasteiger partial charge in [0.25, 0.3) is 0 Å². The Morgan fingerprint density at radius 3 is 2.80 bits per heavy atom. The van der Waals surface area contributed by atoms with Crippen LogP contribution in [0.3, 0.4) is 0 Å². The highest BCUT2D eigenvalue weighted by Crippen LogP contribution is 2.27. The van der Waals surface area contributed by atoms with E-state index in [1.54, 1.807) is 0 Å². The number of para-hydroxylation sites is 1. The van der Waals surface area contributed by atoms with E-state index >= 15 is 0 Å². The minimum atomic E-state index is 0.338. The Kier molecular flexibility index (Phi) is 3.83. The second-order valence-corrected chi connectivity index (χ2v) is 5.80. The average Bonchev–Trinajstić information content (AvgIpc) is 2.97. The van der Waals surface area contributed by atoms with Gasteiger partial charge in [0.2, 0.25) is 5.88 Å². The number of rotatable bonds is 4. The summed E-state index contributed by atoms with van der Waals surface area (Å²) in [5.41, 5.74) is 7.44. The number of ether oxygens (including phenoxy) is 1. The predicted molar refractivity (Wildman–Crippen MR) is 85.1 cm³/mol. The number of nitrogens with two attached hydrogens (primary N) is 1. The van der Waals surface area contributed by atoms with Gasteiger partial charge in [-0.15, -0.1) is 0 Å². The number of aromatic nitrogens is 1. The van der Waals surface area contributed by atoms with Gasteiger partial charge in [0.15, 0.2) is 0 Å². The molecule has 1 heterocycles. The topological polar surface area (TPSA) is 48.1 Å². The lowest BCUT2D eigenvalue weighted by molar-refractivity contribution is 0.244. The number of thiocarbonyl (C=S) groups is 1. The predicted octanol–water partition coefficient (Wildman–Crippen LogP) is 3.44. The number of benzene rings is 1. The fraction of sp³-hybridized carbons (Fsp3) is 0.375. The van der Waals surface area contributed by atoms with Gasteiger partial charge in [-0.3, -0.25) is 0 Å². The lowest BCUT2D eigenvalue weighted by Crippen LogP contribution is -2.15. The summed E-state index contributed by atoms with van der Waals surface area (Å²) < 4.78 is 5.91. The number of hydrogen-bond donors (Lipinski definition) is 1. The van der Waals surface area contributed by atoms with Gasteiger partial charge in [0.05, 0.1) is 17.7 Å². The maximum absolute atomic E-state index is 5.91. The summed E-state index contributed by atoms with van der Waals surface area (Å²) in [5, 5.41) is 1.03. The maximum Gasteiger partial charge on any atom is 0.224 e. The zero-order valence-corrected chi connectivity index (χ0v) is 12.2. The van der Waals surface area contributed by atoms with Crippen molar-refractivity contribution in [3.05, 3.63) is 35.9 Å². The molecule has 0 bridgehead atoms. The molecule has 1 saturated carbocycles. The molecule has 0 saturated heterocycles. The van der Waals surface area contributed by atoms with Crippen LogP contribution in [0.15, 0.2) is 30.3 Å². The van der Waals surface area contributed by atoms with Gasteiger partial charge in [-0.05, 0) is 30.9 Å². The highest BCUT2D eigenvalue weighted by atomic mass is 32.1. The van der Waals surface area contributed by atoms with Crippen molar-refractivity contribution >= 4 is 28.1 Å². The van der Waals surface area contributed by atoms with Gasteiger partial charge in [0, 0.05) is 5.39 Å². The zero-order chi connectivity index (χ0) is 13.9. The first-order valence-corrected chi connectivity index (χ1v) is 7.47. The molecule has 1 aliphatic carbocycles. The third-order valence-corrected chi connectivity index (χ3v) is 4.10. The smallest absolute Gasteiger partial charge is 0.224 e. The van der Waals surface area contributed by atoms with Crippen molar-refractivity contribution in [3.8, 4) is 5.88 Å². The SMILES string of the molecule is NC(=S)c1cc2ccccc2nc1OCC1CCCC1. The van der Waals surface area contributed by atoms with Crippen LogP contribution in [0.5, 0.6) is 5.88 Å². The van der Waals surface area contributed by atoms with E-state index in [9.17, 15) is 0 Å². The van der Waals surface area contributed by atoms with Gasteiger partial charge in [0.1, 0.15) is 4.99 Å². The van der Waals surface area contributed by atoms with Gasteiger partial charge < -0.3 is 10.5 Å². The van der Waals surface area contributed by atoms with Gasteiger partial charge >= 0.3 is 0 Å². The summed E-state index contributed by atoms with van der Waals surface area (Å²) in [4.78, 5) is 4.91. The van der Waals surface area contributed by atoms with E-state index in [1.807, 2.05) is 30.3 Å². The van der Waals surface area contributed by atoms with Gasteiger partial charge in [-0.25, -0.2) is 4.98 Å². The molecule has 2 aromatic rings. The molecule has 1 aromatic heterocycles. The van der Waals surface area contributed by atoms with Crippen molar-refractivity contribution in [2.45, 2.75) is 25.7 Å². The minimum Gasteiger partial charge on any atom is -0.477 e. The van der Waals surface area contributed by atoms with Crippen molar-refractivity contribution in [1.29, 1.82) is 0 Å². The Labute approximate surface area is 124 Å². The van der Waals surface area contributed by atoms with E-state index in [4.69, 9.17) is 22.7 Å². The van der Waals surface area contributed by atoms with Crippen LogP contribution >= 0.6 is 12.2 Å². The van der Waals surface area contributed by atoms with Crippen molar-refractivity contribution in [3.63, 3.8) is 0 Å². The molecule has 0 amide bonds. The molecule has 0 aliphatic heterocycles. The van der Waals surface area contributed by atoms with Crippen molar-refractivity contribution in [2.75, 3.05) is 6.61 Å². The van der Waals surface area contributed by atoms with Crippen LogP contribution in [0, 0.1) is 5.92 Å². The number of fused-ring (bicyclic) bond motifs is 1. The second kappa shape index (κ2) is 5.75.